The predicted octanol–water partition coefficient (Wildman–Crippen LogP) is 3.05. The lowest BCUT2D eigenvalue weighted by Gasteiger charge is -1.98. The second-order valence-corrected chi connectivity index (χ2v) is 5.66. The number of ether oxygens (including phenoxy) is 1. The summed E-state index contributed by atoms with van der Waals surface area (Å²) in [5.74, 6) is -0.829. The third kappa shape index (κ3) is 2.99. The monoisotopic (exact) mass is 362 g/mol. The van der Waals surface area contributed by atoms with Crippen LogP contribution in [0.5, 0.6) is 0 Å². The molecule has 4 rings (SSSR count). The van der Waals surface area contributed by atoms with E-state index < -0.39 is 10.9 Å². The number of carbonyl (C=O) groups is 1. The summed E-state index contributed by atoms with van der Waals surface area (Å²) in [6.07, 6.45) is 2.51. The molecule has 27 heavy (non-hydrogen) atoms. The van der Waals surface area contributed by atoms with E-state index in [9.17, 15) is 19.7 Å². The van der Waals surface area contributed by atoms with Crippen molar-refractivity contribution in [2.75, 3.05) is 0 Å². The van der Waals surface area contributed by atoms with E-state index in [1.165, 1.54) is 36.6 Å². The van der Waals surface area contributed by atoms with Crippen LogP contribution in [-0.2, 0) is 9.53 Å². The largest absolute Gasteiger partial charge is 0.463 e. The Morgan fingerprint density at radius 1 is 1.07 bits per heavy atom. The van der Waals surface area contributed by atoms with E-state index >= 15 is 0 Å². The molecule has 1 aromatic heterocycles. The van der Waals surface area contributed by atoms with E-state index in [0.29, 0.717) is 11.0 Å². The first-order valence-corrected chi connectivity index (χ1v) is 7.81. The summed E-state index contributed by atoms with van der Waals surface area (Å²) in [6, 6.07) is 12.3. The Labute approximate surface area is 151 Å². The fraction of sp³-hybridized carbons (Fsp3) is 0. The number of nitrogens with zero attached hydrogens (tertiary/aromatic N) is 2. The number of benzene rings is 2. The number of nitro groups is 1. The molecule has 1 aliphatic rings. The maximum absolute atomic E-state index is 12.5. The molecule has 8 heteroatoms. The van der Waals surface area contributed by atoms with E-state index in [4.69, 9.17) is 9.15 Å². The molecule has 2 heterocycles. The summed E-state index contributed by atoms with van der Waals surface area (Å²) >= 11 is 0. The molecular formula is C19H10N2O6. The highest BCUT2D eigenvalue weighted by Crippen LogP contribution is 2.21. The van der Waals surface area contributed by atoms with E-state index in [1.807, 2.05) is 0 Å². The average molecular weight is 362 g/mol. The molecule has 132 valence electrons. The van der Waals surface area contributed by atoms with Crippen molar-refractivity contribution in [3.63, 3.8) is 0 Å². The lowest BCUT2D eigenvalue weighted by molar-refractivity contribution is -0.384. The molecule has 0 bridgehead atoms. The number of non-ortho nitro benzene ring substituents is 1. The van der Waals surface area contributed by atoms with Gasteiger partial charge in [0.1, 0.15) is 11.8 Å². The number of fused-ring (bicyclic) bond motifs is 1. The van der Waals surface area contributed by atoms with Gasteiger partial charge < -0.3 is 9.15 Å². The number of aliphatic imine (C=N–C) groups is 1. The zero-order chi connectivity index (χ0) is 19.0. The molecule has 0 radical (unpaired) electrons. The van der Waals surface area contributed by atoms with Gasteiger partial charge in [0.05, 0.1) is 15.9 Å². The Balaban J connectivity index is 1.75. The third-order valence-corrected chi connectivity index (χ3v) is 3.92. The van der Waals surface area contributed by atoms with Gasteiger partial charge in [-0.3, -0.25) is 14.9 Å². The second-order valence-electron chi connectivity index (χ2n) is 5.66. The molecule has 0 atom stereocenters. The summed E-state index contributed by atoms with van der Waals surface area (Å²) in [6.45, 7) is 0. The van der Waals surface area contributed by atoms with Gasteiger partial charge in [-0.1, -0.05) is 18.2 Å². The normalized spacial score (nSPS) is 15.0. The molecule has 0 aliphatic carbocycles. The SMILES string of the molecule is O=C1OC(c2cccc([N+](=O)[O-])c2)=NC1=Cc1coc2ccccc2c1=O. The van der Waals surface area contributed by atoms with Crippen LogP contribution < -0.4 is 5.43 Å². The third-order valence-electron chi connectivity index (χ3n) is 3.92. The van der Waals surface area contributed by atoms with Crippen LogP contribution >= 0.6 is 0 Å². The molecule has 0 fully saturated rings. The van der Waals surface area contributed by atoms with Gasteiger partial charge in [0.2, 0.25) is 5.90 Å². The minimum absolute atomic E-state index is 0.0693. The van der Waals surface area contributed by atoms with Crippen LogP contribution in [0.3, 0.4) is 0 Å². The highest BCUT2D eigenvalue weighted by molar-refractivity contribution is 6.13. The van der Waals surface area contributed by atoms with Gasteiger partial charge in [0.15, 0.2) is 11.1 Å². The zero-order valence-electron chi connectivity index (χ0n) is 13.6. The molecule has 0 N–H and O–H groups in total. The molecular weight excluding hydrogens is 352 g/mol. The van der Waals surface area contributed by atoms with Crippen LogP contribution in [0.1, 0.15) is 11.1 Å². The van der Waals surface area contributed by atoms with Gasteiger partial charge in [0.25, 0.3) is 5.69 Å². The van der Waals surface area contributed by atoms with Gasteiger partial charge in [-0.05, 0) is 24.3 Å². The maximum atomic E-state index is 12.5. The van der Waals surface area contributed by atoms with Crippen molar-refractivity contribution in [1.82, 2.24) is 0 Å². The molecule has 0 unspecified atom stereocenters. The van der Waals surface area contributed by atoms with Crippen molar-refractivity contribution in [2.24, 2.45) is 4.99 Å². The van der Waals surface area contributed by atoms with Crippen molar-refractivity contribution in [1.29, 1.82) is 0 Å². The highest BCUT2D eigenvalue weighted by Gasteiger charge is 2.25. The van der Waals surface area contributed by atoms with Crippen molar-refractivity contribution < 1.29 is 18.9 Å². The van der Waals surface area contributed by atoms with E-state index in [0.717, 1.165) is 0 Å². The van der Waals surface area contributed by atoms with Crippen LogP contribution in [0.2, 0.25) is 0 Å². The molecule has 3 aromatic rings. The molecule has 8 nitrogen and oxygen atoms in total. The van der Waals surface area contributed by atoms with Crippen LogP contribution in [0, 0.1) is 10.1 Å². The zero-order valence-corrected chi connectivity index (χ0v) is 13.6. The maximum Gasteiger partial charge on any atom is 0.363 e. The summed E-state index contributed by atoms with van der Waals surface area (Å²) in [4.78, 5) is 39.0. The fourth-order valence-electron chi connectivity index (χ4n) is 2.62. The van der Waals surface area contributed by atoms with Crippen LogP contribution in [0.15, 0.2) is 74.7 Å². The Morgan fingerprint density at radius 3 is 2.70 bits per heavy atom. The van der Waals surface area contributed by atoms with Crippen LogP contribution in [0.25, 0.3) is 17.0 Å². The molecule has 0 spiro atoms. The Hall–Kier alpha value is -4.07. The van der Waals surface area contributed by atoms with E-state index in [-0.39, 0.29) is 33.8 Å². The van der Waals surface area contributed by atoms with E-state index in [1.54, 1.807) is 24.3 Å². The summed E-state index contributed by atoms with van der Waals surface area (Å²) in [7, 11) is 0. The lowest BCUT2D eigenvalue weighted by Crippen LogP contribution is -2.07. The quantitative estimate of drug-likeness (QED) is 0.306. The van der Waals surface area contributed by atoms with Gasteiger partial charge in [-0.15, -0.1) is 0 Å². The molecule has 1 aliphatic heterocycles. The first kappa shape index (κ1) is 16.4. The number of rotatable bonds is 3. The first-order valence-electron chi connectivity index (χ1n) is 7.81. The van der Waals surface area contributed by atoms with E-state index in [2.05, 4.69) is 4.99 Å². The number of nitro benzene ring substituents is 1. The van der Waals surface area contributed by atoms with Gasteiger partial charge in [-0.25, -0.2) is 9.79 Å². The number of para-hydroxylation sites is 1. The van der Waals surface area contributed by atoms with Crippen molar-refractivity contribution in [3.05, 3.63) is 92.0 Å². The Bertz CT molecular complexity index is 1220. The number of cyclic esters (lactones) is 1. The number of hydrogen-bond donors (Lipinski definition) is 0. The smallest absolute Gasteiger partial charge is 0.363 e. The highest BCUT2D eigenvalue weighted by atomic mass is 16.6. The molecule has 0 amide bonds. The summed E-state index contributed by atoms with van der Waals surface area (Å²) < 4.78 is 10.5. The van der Waals surface area contributed by atoms with Gasteiger partial charge in [-0.2, -0.15) is 0 Å². The predicted molar refractivity (Wildman–Crippen MR) is 96.2 cm³/mol. The number of esters is 1. The van der Waals surface area contributed by atoms with Crippen molar-refractivity contribution >= 4 is 34.6 Å². The lowest BCUT2D eigenvalue weighted by atomic mass is 10.1. The summed E-state index contributed by atoms with van der Waals surface area (Å²) in [5.41, 5.74) is 0.296. The molecule has 0 saturated heterocycles. The minimum atomic E-state index is -0.760. The minimum Gasteiger partial charge on any atom is -0.463 e. The number of carbonyl (C=O) groups excluding carboxylic acids is 1. The van der Waals surface area contributed by atoms with Gasteiger partial charge in [0, 0.05) is 17.7 Å². The molecule has 2 aromatic carbocycles. The van der Waals surface area contributed by atoms with Crippen LogP contribution in [0.4, 0.5) is 5.69 Å². The first-order chi connectivity index (χ1) is 13.0. The topological polar surface area (TPSA) is 112 Å². The van der Waals surface area contributed by atoms with Crippen molar-refractivity contribution in [3.8, 4) is 0 Å². The molecule has 0 saturated carbocycles. The van der Waals surface area contributed by atoms with Gasteiger partial charge >= 0.3 is 5.97 Å². The van der Waals surface area contributed by atoms with Crippen LogP contribution in [-0.4, -0.2) is 16.8 Å². The fourth-order valence-corrected chi connectivity index (χ4v) is 2.62. The Morgan fingerprint density at radius 2 is 1.89 bits per heavy atom. The Kier molecular flexibility index (Phi) is 3.85. The summed E-state index contributed by atoms with van der Waals surface area (Å²) in [5, 5.41) is 11.3. The van der Waals surface area contributed by atoms with Crippen molar-refractivity contribution in [2.45, 2.75) is 0 Å². The average Bonchev–Trinajstić information content (AvgIpc) is 3.05. The second kappa shape index (κ2) is 6.34. The standard InChI is InChI=1S/C19H10N2O6/c22-17-12(10-26-16-7-2-1-6-14(16)17)9-15-19(23)27-18(20-15)11-4-3-5-13(8-11)21(24)25/h1-10H. The number of hydrogen-bond acceptors (Lipinski definition) is 7.